The zero-order valence-electron chi connectivity index (χ0n) is 7.18. The molecular formula is C8H10Cl2N2O. The van der Waals surface area contributed by atoms with Crippen LogP contribution in [0.1, 0.15) is 11.5 Å². The van der Waals surface area contributed by atoms with Crippen molar-refractivity contribution in [2.75, 3.05) is 6.54 Å². The lowest BCUT2D eigenvalue weighted by Gasteiger charge is -1.98. The van der Waals surface area contributed by atoms with Gasteiger partial charge < -0.3 is 9.84 Å². The van der Waals surface area contributed by atoms with Gasteiger partial charge in [-0.2, -0.15) is 0 Å². The van der Waals surface area contributed by atoms with Crippen molar-refractivity contribution in [3.63, 3.8) is 0 Å². The molecule has 0 aliphatic carbocycles. The van der Waals surface area contributed by atoms with Crippen molar-refractivity contribution in [3.05, 3.63) is 28.1 Å². The minimum absolute atomic E-state index is 0.539. The molecule has 0 saturated carbocycles. The number of nitrogens with zero attached hydrogens (tertiary/aromatic N) is 1. The average molecular weight is 221 g/mol. The first-order valence-electron chi connectivity index (χ1n) is 3.80. The molecule has 0 bridgehead atoms. The first kappa shape index (κ1) is 10.6. The van der Waals surface area contributed by atoms with Crippen LogP contribution in [0.15, 0.2) is 21.2 Å². The van der Waals surface area contributed by atoms with E-state index in [0.29, 0.717) is 18.1 Å². The molecule has 0 radical (unpaired) electrons. The third kappa shape index (κ3) is 3.81. The van der Waals surface area contributed by atoms with Crippen LogP contribution in [-0.4, -0.2) is 11.7 Å². The summed E-state index contributed by atoms with van der Waals surface area (Å²) in [6, 6.07) is 1.87. The van der Waals surface area contributed by atoms with E-state index in [9.17, 15) is 0 Å². The summed E-state index contributed by atoms with van der Waals surface area (Å²) in [4.78, 5) is 0. The molecule has 1 rings (SSSR count). The maximum Gasteiger partial charge on any atom is 0.133 e. The predicted octanol–water partition coefficient (Wildman–Crippen LogP) is 2.39. The first-order valence-corrected chi connectivity index (χ1v) is 4.61. The van der Waals surface area contributed by atoms with Crippen LogP contribution in [0.25, 0.3) is 0 Å². The van der Waals surface area contributed by atoms with Gasteiger partial charge in [0, 0.05) is 29.7 Å². The highest BCUT2D eigenvalue weighted by Crippen LogP contribution is 2.03. The third-order valence-corrected chi connectivity index (χ3v) is 2.01. The molecule has 0 amide bonds. The van der Waals surface area contributed by atoms with Crippen LogP contribution in [0.3, 0.4) is 0 Å². The summed E-state index contributed by atoms with van der Waals surface area (Å²) in [5, 5.41) is 7.44. The molecule has 0 atom stereocenters. The van der Waals surface area contributed by atoms with E-state index < -0.39 is 0 Å². The Balaban J connectivity index is 2.28. The van der Waals surface area contributed by atoms with E-state index in [-0.39, 0.29) is 0 Å². The quantitative estimate of drug-likeness (QED) is 0.848. The number of hydrogen-bond donors (Lipinski definition) is 1. The second-order valence-corrected chi connectivity index (χ2v) is 3.29. The molecule has 1 aromatic rings. The lowest BCUT2D eigenvalue weighted by molar-refractivity contribution is 0.388. The Labute approximate surface area is 86.7 Å². The number of rotatable bonds is 4. The van der Waals surface area contributed by atoms with Gasteiger partial charge in [0.1, 0.15) is 5.76 Å². The van der Waals surface area contributed by atoms with E-state index in [2.05, 4.69) is 10.5 Å². The van der Waals surface area contributed by atoms with Crippen molar-refractivity contribution in [2.45, 2.75) is 13.5 Å². The summed E-state index contributed by atoms with van der Waals surface area (Å²) < 4.78 is 4.88. The fourth-order valence-corrected chi connectivity index (χ4v) is 1.02. The summed E-state index contributed by atoms with van der Waals surface area (Å²) in [7, 11) is 0. The van der Waals surface area contributed by atoms with Crippen LogP contribution in [-0.2, 0) is 6.54 Å². The second kappa shape index (κ2) is 5.27. The molecule has 3 nitrogen and oxygen atoms in total. The van der Waals surface area contributed by atoms with E-state index in [1.54, 1.807) is 0 Å². The van der Waals surface area contributed by atoms with Crippen molar-refractivity contribution < 1.29 is 4.52 Å². The van der Waals surface area contributed by atoms with Crippen molar-refractivity contribution in [1.29, 1.82) is 0 Å². The van der Waals surface area contributed by atoms with Gasteiger partial charge in [-0.3, -0.25) is 0 Å². The Kier molecular flexibility index (Phi) is 4.28. The number of halogens is 2. The number of hydrogen-bond acceptors (Lipinski definition) is 3. The smallest absolute Gasteiger partial charge is 0.133 e. The lowest BCUT2D eigenvalue weighted by Crippen LogP contribution is -2.14. The van der Waals surface area contributed by atoms with Gasteiger partial charge in [0.25, 0.3) is 0 Å². The fraction of sp³-hybridized carbons (Fsp3) is 0.375. The van der Waals surface area contributed by atoms with Gasteiger partial charge in [0.15, 0.2) is 0 Å². The number of nitrogens with one attached hydrogen (secondary N) is 1. The molecule has 13 heavy (non-hydrogen) atoms. The fourth-order valence-electron chi connectivity index (χ4n) is 0.850. The molecule has 0 aromatic carbocycles. The van der Waals surface area contributed by atoms with E-state index in [4.69, 9.17) is 27.7 Å². The maximum atomic E-state index is 5.66. The van der Waals surface area contributed by atoms with E-state index in [1.165, 1.54) is 5.54 Å². The molecule has 72 valence electrons. The van der Waals surface area contributed by atoms with Crippen molar-refractivity contribution in [3.8, 4) is 0 Å². The molecule has 0 spiro atoms. The molecule has 0 fully saturated rings. The van der Waals surface area contributed by atoms with Gasteiger partial charge in [-0.1, -0.05) is 28.4 Å². The second-order valence-electron chi connectivity index (χ2n) is 2.59. The average Bonchev–Trinajstić information content (AvgIpc) is 2.51. The molecule has 0 aliphatic heterocycles. The van der Waals surface area contributed by atoms with Crippen LogP contribution < -0.4 is 5.32 Å². The van der Waals surface area contributed by atoms with Gasteiger partial charge >= 0.3 is 0 Å². The Morgan fingerprint density at radius 2 is 2.54 bits per heavy atom. The van der Waals surface area contributed by atoms with Crippen LogP contribution in [0.5, 0.6) is 0 Å². The molecular weight excluding hydrogens is 211 g/mol. The normalized spacial score (nSPS) is 12.1. The van der Waals surface area contributed by atoms with Crippen LogP contribution in [0.4, 0.5) is 0 Å². The van der Waals surface area contributed by atoms with Crippen LogP contribution in [0, 0.1) is 6.92 Å². The Hall–Kier alpha value is -0.510. The topological polar surface area (TPSA) is 38.1 Å². The van der Waals surface area contributed by atoms with Crippen molar-refractivity contribution in [1.82, 2.24) is 10.5 Å². The summed E-state index contributed by atoms with van der Waals surface area (Å²) in [5.74, 6) is 0.802. The Morgan fingerprint density at radius 1 is 1.77 bits per heavy atom. The van der Waals surface area contributed by atoms with Crippen molar-refractivity contribution >= 4 is 23.2 Å². The molecule has 1 heterocycles. The highest BCUT2D eigenvalue weighted by molar-refractivity contribution is 6.36. The molecule has 0 aliphatic rings. The largest absolute Gasteiger partial charge is 0.361 e. The summed E-state index contributed by atoms with van der Waals surface area (Å²) in [6.07, 6.45) is 0. The minimum Gasteiger partial charge on any atom is -0.361 e. The summed E-state index contributed by atoms with van der Waals surface area (Å²) in [6.45, 7) is 3.01. The van der Waals surface area contributed by atoms with Gasteiger partial charge in [0.2, 0.25) is 0 Å². The van der Waals surface area contributed by atoms with Gasteiger partial charge in [-0.15, -0.1) is 0 Å². The van der Waals surface area contributed by atoms with Crippen LogP contribution in [0.2, 0.25) is 0 Å². The highest BCUT2D eigenvalue weighted by Gasteiger charge is 1.99. The molecule has 5 heteroatoms. The summed E-state index contributed by atoms with van der Waals surface area (Å²) in [5.41, 5.74) is 2.19. The number of aromatic nitrogens is 1. The minimum atomic E-state index is 0.539. The molecule has 0 saturated heterocycles. The van der Waals surface area contributed by atoms with Gasteiger partial charge in [-0.25, -0.2) is 0 Å². The van der Waals surface area contributed by atoms with Gasteiger partial charge in [-0.05, 0) is 6.92 Å². The van der Waals surface area contributed by atoms with E-state index in [1.807, 2.05) is 13.0 Å². The Bertz CT molecular complexity index is 296. The lowest BCUT2D eigenvalue weighted by atomic mass is 10.4. The summed E-state index contributed by atoms with van der Waals surface area (Å²) >= 11 is 11.0. The molecule has 1 N–H and O–H groups in total. The third-order valence-electron chi connectivity index (χ3n) is 1.40. The maximum absolute atomic E-state index is 5.66. The monoisotopic (exact) mass is 220 g/mol. The van der Waals surface area contributed by atoms with Crippen LogP contribution >= 0.6 is 23.2 Å². The predicted molar refractivity (Wildman–Crippen MR) is 52.7 cm³/mol. The van der Waals surface area contributed by atoms with E-state index >= 15 is 0 Å². The van der Waals surface area contributed by atoms with Gasteiger partial charge in [0.05, 0.1) is 5.69 Å². The SMILES string of the molecule is Cc1cc(CNCC(Cl)=CCl)no1. The molecule has 0 unspecified atom stereocenters. The van der Waals surface area contributed by atoms with E-state index in [0.717, 1.165) is 11.5 Å². The molecule has 1 aromatic heterocycles. The zero-order valence-corrected chi connectivity index (χ0v) is 8.69. The Morgan fingerprint density at radius 3 is 3.08 bits per heavy atom. The first-order chi connectivity index (χ1) is 6.22. The van der Waals surface area contributed by atoms with Crippen molar-refractivity contribution in [2.24, 2.45) is 0 Å². The zero-order chi connectivity index (χ0) is 9.68. The number of aryl methyl sites for hydroxylation is 1. The highest BCUT2D eigenvalue weighted by atomic mass is 35.5. The standard InChI is InChI=1S/C8H10Cl2N2O/c1-6-2-8(12-13-6)5-11-4-7(10)3-9/h2-3,11H,4-5H2,1H3.